The lowest BCUT2D eigenvalue weighted by atomic mass is 10.0. The van der Waals surface area contributed by atoms with E-state index in [-0.39, 0.29) is 49.1 Å². The van der Waals surface area contributed by atoms with Crippen LogP contribution in [0.5, 0.6) is 11.5 Å². The van der Waals surface area contributed by atoms with Crippen LogP contribution in [0.2, 0.25) is 0 Å². The Labute approximate surface area is 253 Å². The largest absolute Gasteiger partial charge is 0.457 e. The number of likely N-dealkylation sites (N-methyl/N-ethyl adjacent to an activating group) is 1. The molecule has 2 aromatic carbocycles. The minimum atomic E-state index is -0.438. The average molecular weight is 591 g/mol. The summed E-state index contributed by atoms with van der Waals surface area (Å²) in [6.45, 7) is 2.15. The van der Waals surface area contributed by atoms with Gasteiger partial charge in [-0.25, -0.2) is 0 Å². The van der Waals surface area contributed by atoms with Gasteiger partial charge in [-0.05, 0) is 61.1 Å². The van der Waals surface area contributed by atoms with Crippen molar-refractivity contribution in [1.29, 1.82) is 0 Å². The fraction of sp³-hybridized carbons (Fsp3) is 0.515. The first-order chi connectivity index (χ1) is 20.8. The fourth-order valence-corrected chi connectivity index (χ4v) is 5.96. The Morgan fingerprint density at radius 2 is 1.67 bits per heavy atom. The van der Waals surface area contributed by atoms with E-state index in [0.717, 1.165) is 30.4 Å². The molecule has 0 saturated carbocycles. The number of piperidine rings is 1. The van der Waals surface area contributed by atoms with Crippen molar-refractivity contribution in [2.75, 3.05) is 39.8 Å². The van der Waals surface area contributed by atoms with Gasteiger partial charge in [0, 0.05) is 52.5 Å². The van der Waals surface area contributed by atoms with Crippen LogP contribution in [0.15, 0.2) is 48.5 Å². The molecule has 3 aliphatic rings. The van der Waals surface area contributed by atoms with Gasteiger partial charge in [-0.3, -0.25) is 19.2 Å². The van der Waals surface area contributed by atoms with E-state index in [4.69, 9.17) is 9.47 Å². The Morgan fingerprint density at radius 3 is 2.49 bits per heavy atom. The molecule has 0 radical (unpaired) electrons. The summed E-state index contributed by atoms with van der Waals surface area (Å²) in [5.74, 6) is 1.03. The van der Waals surface area contributed by atoms with Crippen LogP contribution in [-0.2, 0) is 36.9 Å². The van der Waals surface area contributed by atoms with Crippen LogP contribution in [0.4, 0.5) is 0 Å². The molecule has 2 fully saturated rings. The summed E-state index contributed by atoms with van der Waals surface area (Å²) >= 11 is 0. The Bertz CT molecular complexity index is 1320. The molecule has 3 aliphatic heterocycles. The van der Waals surface area contributed by atoms with Crippen molar-refractivity contribution in [1.82, 2.24) is 20.0 Å². The first kappa shape index (κ1) is 30.5. The van der Waals surface area contributed by atoms with Crippen LogP contribution < -0.4 is 10.1 Å². The molecule has 2 saturated heterocycles. The Hall–Kier alpha value is -3.92. The van der Waals surface area contributed by atoms with Crippen molar-refractivity contribution < 1.29 is 28.7 Å². The second-order valence-electron chi connectivity index (χ2n) is 11.7. The summed E-state index contributed by atoms with van der Waals surface area (Å²) in [5, 5.41) is 3.05. The number of carbonyl (C=O) groups excluding carboxylic acids is 4. The van der Waals surface area contributed by atoms with Gasteiger partial charge in [-0.2, -0.15) is 0 Å². The van der Waals surface area contributed by atoms with Crippen LogP contribution >= 0.6 is 0 Å². The van der Waals surface area contributed by atoms with E-state index in [1.807, 2.05) is 48.5 Å². The second-order valence-corrected chi connectivity index (χ2v) is 11.7. The van der Waals surface area contributed by atoms with Gasteiger partial charge in [0.2, 0.25) is 23.6 Å². The summed E-state index contributed by atoms with van der Waals surface area (Å²) in [6, 6.07) is 14.9. The SMILES string of the molecule is CN1CC(=O)N[C@H]2CN(C(=O)CCN3CCCCCC3=O)CC[C@H]2OCc2cccc(c2)Oc2cccc(c2)CCC1=O. The van der Waals surface area contributed by atoms with Crippen LogP contribution in [0.3, 0.4) is 0 Å². The number of fused-ring (bicyclic) bond motifs is 5. The van der Waals surface area contributed by atoms with Crippen LogP contribution in [0.1, 0.15) is 56.1 Å². The Morgan fingerprint density at radius 1 is 0.907 bits per heavy atom. The zero-order chi connectivity index (χ0) is 30.2. The second kappa shape index (κ2) is 14.5. The highest BCUT2D eigenvalue weighted by molar-refractivity contribution is 5.85. The predicted octanol–water partition coefficient (Wildman–Crippen LogP) is 3.28. The first-order valence-electron chi connectivity index (χ1n) is 15.4. The standard InChI is InChI=1S/C33H42N4O6/c1-35-22-30(38)34-28-21-37(33(41)15-18-36-16-4-2-3-11-32(36)40)17-14-29(28)42-23-25-8-6-10-27(20-25)43-26-9-5-7-24(19-26)12-13-31(35)39/h5-10,19-20,28-29H,2-4,11-18,21-23H2,1H3,(H,34,38)/t28-,29+/m0/s1. The lowest BCUT2D eigenvalue weighted by molar-refractivity contribution is -0.139. The molecule has 230 valence electrons. The maximum atomic E-state index is 13.2. The molecule has 10 nitrogen and oxygen atoms in total. The van der Waals surface area contributed by atoms with Crippen molar-refractivity contribution in [3.63, 3.8) is 0 Å². The zero-order valence-corrected chi connectivity index (χ0v) is 25.0. The van der Waals surface area contributed by atoms with Crippen LogP contribution in [-0.4, -0.2) is 90.2 Å². The lowest BCUT2D eigenvalue weighted by Gasteiger charge is -2.39. The van der Waals surface area contributed by atoms with E-state index >= 15 is 0 Å². The average Bonchev–Trinajstić information content (AvgIpc) is 3.21. The number of carbonyl (C=O) groups is 4. The monoisotopic (exact) mass is 590 g/mol. The smallest absolute Gasteiger partial charge is 0.239 e. The maximum Gasteiger partial charge on any atom is 0.239 e. The number of rotatable bonds is 3. The molecule has 1 N–H and O–H groups in total. The van der Waals surface area contributed by atoms with Gasteiger partial charge < -0.3 is 29.5 Å². The Kier molecular flexibility index (Phi) is 10.3. The molecule has 2 atom stereocenters. The zero-order valence-electron chi connectivity index (χ0n) is 25.0. The van der Waals surface area contributed by atoms with Gasteiger partial charge in [-0.15, -0.1) is 0 Å². The summed E-state index contributed by atoms with van der Waals surface area (Å²) in [4.78, 5) is 56.6. The lowest BCUT2D eigenvalue weighted by Crippen LogP contribution is -2.58. The van der Waals surface area contributed by atoms with Gasteiger partial charge in [0.05, 0.1) is 25.3 Å². The molecule has 3 heterocycles. The van der Waals surface area contributed by atoms with Crippen molar-refractivity contribution in [2.45, 2.75) is 70.1 Å². The highest BCUT2D eigenvalue weighted by Gasteiger charge is 2.34. The summed E-state index contributed by atoms with van der Waals surface area (Å²) in [7, 11) is 1.63. The third-order valence-electron chi connectivity index (χ3n) is 8.45. The molecule has 0 spiro atoms. The highest BCUT2D eigenvalue weighted by Crippen LogP contribution is 2.25. The third kappa shape index (κ3) is 8.56. The molecule has 4 amide bonds. The molecular formula is C33H42N4O6. The van der Waals surface area contributed by atoms with Gasteiger partial charge >= 0.3 is 0 Å². The van der Waals surface area contributed by atoms with Crippen molar-refractivity contribution >= 4 is 23.6 Å². The molecule has 5 rings (SSSR count). The van der Waals surface area contributed by atoms with Crippen molar-refractivity contribution in [3.8, 4) is 11.5 Å². The number of nitrogens with one attached hydrogen (secondary N) is 1. The van der Waals surface area contributed by atoms with Crippen LogP contribution in [0.25, 0.3) is 0 Å². The van der Waals surface area contributed by atoms with E-state index in [1.54, 1.807) is 16.8 Å². The number of hydrogen-bond donors (Lipinski definition) is 1. The van der Waals surface area contributed by atoms with Crippen molar-refractivity contribution in [2.24, 2.45) is 0 Å². The van der Waals surface area contributed by atoms with Gasteiger partial charge in [-0.1, -0.05) is 30.7 Å². The summed E-state index contributed by atoms with van der Waals surface area (Å²) < 4.78 is 12.5. The number of likely N-dealkylation sites (tertiary alicyclic amines) is 2. The quantitative estimate of drug-likeness (QED) is 0.588. The third-order valence-corrected chi connectivity index (χ3v) is 8.45. The van der Waals surface area contributed by atoms with Gasteiger partial charge in [0.15, 0.2) is 0 Å². The number of amides is 4. The normalized spacial score (nSPS) is 22.4. The first-order valence-corrected chi connectivity index (χ1v) is 15.4. The van der Waals surface area contributed by atoms with Gasteiger partial charge in [0.25, 0.3) is 0 Å². The number of hydrogen-bond acceptors (Lipinski definition) is 6. The topological polar surface area (TPSA) is 108 Å². The minimum Gasteiger partial charge on any atom is -0.457 e. The number of nitrogens with zero attached hydrogens (tertiary/aromatic N) is 3. The van der Waals surface area contributed by atoms with Crippen LogP contribution in [0, 0.1) is 0 Å². The molecule has 0 aromatic heterocycles. The molecular weight excluding hydrogens is 548 g/mol. The van der Waals surface area contributed by atoms with E-state index in [9.17, 15) is 19.2 Å². The number of ether oxygens (including phenoxy) is 2. The van der Waals surface area contributed by atoms with E-state index < -0.39 is 6.04 Å². The molecule has 4 bridgehead atoms. The van der Waals surface area contributed by atoms with E-state index in [0.29, 0.717) is 63.5 Å². The maximum absolute atomic E-state index is 13.2. The van der Waals surface area contributed by atoms with Crippen molar-refractivity contribution in [3.05, 3.63) is 59.7 Å². The van der Waals surface area contributed by atoms with Gasteiger partial charge in [0.1, 0.15) is 11.5 Å². The van der Waals surface area contributed by atoms with E-state index in [2.05, 4.69) is 5.32 Å². The predicted molar refractivity (Wildman–Crippen MR) is 160 cm³/mol. The number of aryl methyl sites for hydroxylation is 1. The molecule has 0 unspecified atom stereocenters. The molecule has 10 heteroatoms. The Balaban J connectivity index is 1.28. The summed E-state index contributed by atoms with van der Waals surface area (Å²) in [6.07, 6.45) is 4.74. The van der Waals surface area contributed by atoms with E-state index in [1.165, 1.54) is 4.90 Å². The fourth-order valence-electron chi connectivity index (χ4n) is 5.96. The highest BCUT2D eigenvalue weighted by atomic mass is 16.5. The number of benzene rings is 2. The summed E-state index contributed by atoms with van der Waals surface area (Å²) in [5.41, 5.74) is 1.91. The molecule has 43 heavy (non-hydrogen) atoms. The molecule has 2 aromatic rings. The molecule has 0 aliphatic carbocycles. The minimum absolute atomic E-state index is 0.0374.